The smallest absolute Gasteiger partial charge is 0.306 e. The maximum Gasteiger partial charge on any atom is 0.306 e. The van der Waals surface area contributed by atoms with Crippen molar-refractivity contribution in [1.29, 1.82) is 0 Å². The Labute approximate surface area is 479 Å². The number of carbonyl (C=O) groups is 3. The van der Waals surface area contributed by atoms with Crippen molar-refractivity contribution < 1.29 is 28.6 Å². The van der Waals surface area contributed by atoms with Crippen molar-refractivity contribution in [2.75, 3.05) is 13.2 Å². The minimum atomic E-state index is -0.766. The van der Waals surface area contributed by atoms with E-state index in [4.69, 9.17) is 14.2 Å². The zero-order valence-electron chi connectivity index (χ0n) is 51.7. The van der Waals surface area contributed by atoms with Crippen LogP contribution in [0.5, 0.6) is 0 Å². The largest absolute Gasteiger partial charge is 0.462 e. The summed E-state index contributed by atoms with van der Waals surface area (Å²) in [4.78, 5) is 38.3. The Bertz CT molecular complexity index is 1330. The standard InChI is InChI=1S/C71H130O6/c1-4-7-10-13-16-19-22-25-27-28-29-30-31-32-33-34-35-36-37-38-39-40-41-42-43-44-45-47-49-52-55-58-61-64-70(73)76-67-68(66-75-69(72)63-60-57-54-51-48-24-21-18-15-12-9-6-3)77-71(74)65-62-59-56-53-50-46-26-23-20-17-14-11-8-5-2/h7,10,16,19,25,27,29-30,68H,4-6,8-9,11-15,17-18,20-24,26,28,31-67H2,1-3H3/b10-7-,19-16-,27-25-,30-29-. The Morgan fingerprint density at radius 2 is 0.506 bits per heavy atom. The molecular formula is C71H130O6. The third-order valence-corrected chi connectivity index (χ3v) is 15.3. The molecule has 0 aromatic heterocycles. The van der Waals surface area contributed by atoms with Crippen LogP contribution >= 0.6 is 0 Å². The third-order valence-electron chi connectivity index (χ3n) is 15.3. The molecule has 0 saturated carbocycles. The van der Waals surface area contributed by atoms with Gasteiger partial charge in [-0.25, -0.2) is 0 Å². The van der Waals surface area contributed by atoms with E-state index in [2.05, 4.69) is 69.4 Å². The molecule has 0 aliphatic heterocycles. The number of allylic oxidation sites excluding steroid dienone is 8. The lowest BCUT2D eigenvalue weighted by atomic mass is 10.0. The highest BCUT2D eigenvalue weighted by Crippen LogP contribution is 2.18. The van der Waals surface area contributed by atoms with E-state index in [1.165, 1.54) is 244 Å². The Balaban J connectivity index is 4.06. The molecule has 0 radical (unpaired) electrons. The van der Waals surface area contributed by atoms with Crippen molar-refractivity contribution in [2.45, 2.75) is 374 Å². The summed E-state index contributed by atoms with van der Waals surface area (Å²) in [7, 11) is 0. The molecule has 0 bridgehead atoms. The summed E-state index contributed by atoms with van der Waals surface area (Å²) in [6.07, 6.45) is 82.9. The van der Waals surface area contributed by atoms with E-state index in [9.17, 15) is 14.4 Å². The van der Waals surface area contributed by atoms with Gasteiger partial charge in [0.05, 0.1) is 0 Å². The molecule has 0 aliphatic carbocycles. The summed E-state index contributed by atoms with van der Waals surface area (Å²) in [5.74, 6) is -0.838. The van der Waals surface area contributed by atoms with E-state index >= 15 is 0 Å². The number of unbranched alkanes of at least 4 members (excludes halogenated alkanes) is 44. The highest BCUT2D eigenvalue weighted by Gasteiger charge is 2.19. The molecule has 0 aromatic carbocycles. The van der Waals surface area contributed by atoms with E-state index in [1.807, 2.05) is 0 Å². The second kappa shape index (κ2) is 65.9. The fourth-order valence-electron chi connectivity index (χ4n) is 10.3. The van der Waals surface area contributed by atoms with Crippen LogP contribution in [0.2, 0.25) is 0 Å². The molecule has 0 N–H and O–H groups in total. The number of ether oxygens (including phenoxy) is 3. The van der Waals surface area contributed by atoms with Crippen LogP contribution in [0.15, 0.2) is 48.6 Å². The van der Waals surface area contributed by atoms with Gasteiger partial charge in [0, 0.05) is 19.3 Å². The monoisotopic (exact) mass is 1080 g/mol. The molecule has 0 saturated heterocycles. The van der Waals surface area contributed by atoms with Gasteiger partial charge >= 0.3 is 17.9 Å². The number of carbonyl (C=O) groups excluding carboxylic acids is 3. The quantitative estimate of drug-likeness (QED) is 0.0261. The summed E-state index contributed by atoms with van der Waals surface area (Å²) in [6, 6.07) is 0. The summed E-state index contributed by atoms with van der Waals surface area (Å²) in [5, 5.41) is 0. The molecule has 0 aromatic rings. The Hall–Kier alpha value is -2.63. The minimum Gasteiger partial charge on any atom is -0.462 e. The first-order valence-corrected chi connectivity index (χ1v) is 34.1. The molecule has 0 fully saturated rings. The molecule has 1 atom stereocenters. The van der Waals surface area contributed by atoms with Crippen LogP contribution < -0.4 is 0 Å². The van der Waals surface area contributed by atoms with Crippen LogP contribution in [-0.4, -0.2) is 37.2 Å². The van der Waals surface area contributed by atoms with Crippen LogP contribution in [0.1, 0.15) is 367 Å². The van der Waals surface area contributed by atoms with E-state index in [-0.39, 0.29) is 31.1 Å². The van der Waals surface area contributed by atoms with Crippen molar-refractivity contribution in [3.63, 3.8) is 0 Å². The van der Waals surface area contributed by atoms with E-state index in [0.29, 0.717) is 19.3 Å². The van der Waals surface area contributed by atoms with Crippen molar-refractivity contribution >= 4 is 17.9 Å². The molecule has 0 amide bonds. The van der Waals surface area contributed by atoms with Crippen molar-refractivity contribution in [1.82, 2.24) is 0 Å². The predicted molar refractivity (Wildman–Crippen MR) is 335 cm³/mol. The van der Waals surface area contributed by atoms with Crippen LogP contribution in [0.3, 0.4) is 0 Å². The van der Waals surface area contributed by atoms with Gasteiger partial charge in [0.25, 0.3) is 0 Å². The number of rotatable bonds is 63. The molecule has 77 heavy (non-hydrogen) atoms. The van der Waals surface area contributed by atoms with Gasteiger partial charge in [0.1, 0.15) is 13.2 Å². The van der Waals surface area contributed by atoms with Gasteiger partial charge in [0.15, 0.2) is 6.10 Å². The fraction of sp³-hybridized carbons (Fsp3) is 0.845. The van der Waals surface area contributed by atoms with Crippen LogP contribution in [0, 0.1) is 0 Å². The SMILES string of the molecule is CC/C=C\C/C=C\C/C=C\C/C=C\CCCCCCCCCCCCCCCCCCCCCCC(=O)OCC(COC(=O)CCCCCCCCCCCCCC)OC(=O)CCCCCCCCCCCCCCCC. The van der Waals surface area contributed by atoms with Crippen LogP contribution in [0.25, 0.3) is 0 Å². The van der Waals surface area contributed by atoms with Crippen LogP contribution in [-0.2, 0) is 28.6 Å². The maximum absolute atomic E-state index is 12.9. The maximum atomic E-state index is 12.9. The summed E-state index contributed by atoms with van der Waals surface area (Å²) >= 11 is 0. The van der Waals surface area contributed by atoms with Crippen LogP contribution in [0.4, 0.5) is 0 Å². The number of esters is 3. The predicted octanol–water partition coefficient (Wildman–Crippen LogP) is 23.3. The Kier molecular flexibility index (Phi) is 63.6. The van der Waals surface area contributed by atoms with E-state index in [0.717, 1.165) is 83.5 Å². The minimum absolute atomic E-state index is 0.0648. The molecular weight excluding hydrogens is 949 g/mol. The first-order chi connectivity index (χ1) is 38.0. The van der Waals surface area contributed by atoms with Crippen molar-refractivity contribution in [3.05, 3.63) is 48.6 Å². The second-order valence-corrected chi connectivity index (χ2v) is 23.1. The second-order valence-electron chi connectivity index (χ2n) is 23.1. The normalized spacial score (nSPS) is 12.3. The average Bonchev–Trinajstić information content (AvgIpc) is 3.43. The molecule has 1 unspecified atom stereocenters. The molecule has 0 spiro atoms. The molecule has 6 nitrogen and oxygen atoms in total. The van der Waals surface area contributed by atoms with Gasteiger partial charge < -0.3 is 14.2 Å². The number of hydrogen-bond acceptors (Lipinski definition) is 6. The number of hydrogen-bond donors (Lipinski definition) is 0. The third kappa shape index (κ3) is 64.1. The lowest BCUT2D eigenvalue weighted by Gasteiger charge is -2.18. The fourth-order valence-corrected chi connectivity index (χ4v) is 10.3. The molecule has 0 heterocycles. The highest BCUT2D eigenvalue weighted by atomic mass is 16.6. The summed E-state index contributed by atoms with van der Waals surface area (Å²) in [5.41, 5.74) is 0. The first-order valence-electron chi connectivity index (χ1n) is 34.1. The Morgan fingerprint density at radius 1 is 0.273 bits per heavy atom. The lowest BCUT2D eigenvalue weighted by molar-refractivity contribution is -0.167. The van der Waals surface area contributed by atoms with Crippen molar-refractivity contribution in [3.8, 4) is 0 Å². The molecule has 0 rings (SSSR count). The van der Waals surface area contributed by atoms with Gasteiger partial charge in [-0.2, -0.15) is 0 Å². The zero-order chi connectivity index (χ0) is 55.7. The zero-order valence-corrected chi connectivity index (χ0v) is 51.7. The Morgan fingerprint density at radius 3 is 0.792 bits per heavy atom. The van der Waals surface area contributed by atoms with Gasteiger partial charge in [-0.15, -0.1) is 0 Å². The van der Waals surface area contributed by atoms with Gasteiger partial charge in [0.2, 0.25) is 0 Å². The van der Waals surface area contributed by atoms with E-state index < -0.39 is 6.10 Å². The molecule has 6 heteroatoms. The van der Waals surface area contributed by atoms with Crippen molar-refractivity contribution in [2.24, 2.45) is 0 Å². The first kappa shape index (κ1) is 74.4. The molecule has 450 valence electrons. The highest BCUT2D eigenvalue weighted by molar-refractivity contribution is 5.71. The lowest BCUT2D eigenvalue weighted by Crippen LogP contribution is -2.30. The van der Waals surface area contributed by atoms with Gasteiger partial charge in [-0.1, -0.05) is 339 Å². The summed E-state index contributed by atoms with van der Waals surface area (Å²) < 4.78 is 16.9. The van der Waals surface area contributed by atoms with Gasteiger partial charge in [-0.05, 0) is 57.8 Å². The van der Waals surface area contributed by atoms with E-state index in [1.54, 1.807) is 0 Å². The summed E-state index contributed by atoms with van der Waals surface area (Å²) in [6.45, 7) is 6.58. The topological polar surface area (TPSA) is 78.9 Å². The van der Waals surface area contributed by atoms with Gasteiger partial charge in [-0.3, -0.25) is 14.4 Å². The average molecular weight is 1080 g/mol. The molecule has 0 aliphatic rings.